The Hall–Kier alpha value is -0.610. The van der Waals surface area contributed by atoms with Gasteiger partial charge in [0.25, 0.3) is 0 Å². The van der Waals surface area contributed by atoms with Crippen molar-refractivity contribution in [3.63, 3.8) is 0 Å². The molecular weight excluding hydrogens is 248 g/mol. The number of aliphatic hydroxyl groups is 1. The van der Waals surface area contributed by atoms with Crippen LogP contribution in [0, 0.1) is 11.8 Å². The van der Waals surface area contributed by atoms with E-state index in [1.54, 1.807) is 0 Å². The third-order valence-electron chi connectivity index (χ3n) is 4.08. The quantitative estimate of drug-likeness (QED) is 0.848. The van der Waals surface area contributed by atoms with E-state index >= 15 is 0 Å². The summed E-state index contributed by atoms with van der Waals surface area (Å²) in [5, 5.41) is 14.3. The van der Waals surface area contributed by atoms with Gasteiger partial charge in [0.2, 0.25) is 0 Å². The van der Waals surface area contributed by atoms with Crippen LogP contribution in [0.4, 0.5) is 0 Å². The highest BCUT2D eigenvalue weighted by Crippen LogP contribution is 2.26. The zero-order valence-corrected chi connectivity index (χ0v) is 11.1. The second-order valence-electron chi connectivity index (χ2n) is 5.49. The average molecular weight is 267 g/mol. The minimum atomic E-state index is -0.118. The maximum Gasteiger partial charge on any atom is 0.0645 e. The number of halogens is 1. The molecule has 0 spiro atoms. The molecule has 0 aromatic heterocycles. The number of piperidine rings is 2. The Bertz CT molecular complexity index is 395. The van der Waals surface area contributed by atoms with Crippen molar-refractivity contribution in [1.29, 1.82) is 0 Å². The molecule has 2 aliphatic heterocycles. The van der Waals surface area contributed by atoms with Crippen molar-refractivity contribution in [2.24, 2.45) is 11.8 Å². The SMILES string of the molecule is OC1C2CNCC1CN(Cc1ccc(Cl)cc1)C2. The van der Waals surface area contributed by atoms with E-state index in [0.29, 0.717) is 11.8 Å². The molecule has 4 heteroatoms. The molecule has 2 bridgehead atoms. The Morgan fingerprint density at radius 2 is 1.78 bits per heavy atom. The molecule has 2 heterocycles. The van der Waals surface area contributed by atoms with E-state index in [1.165, 1.54) is 5.56 Å². The maximum atomic E-state index is 10.1. The van der Waals surface area contributed by atoms with Gasteiger partial charge in [-0.2, -0.15) is 0 Å². The van der Waals surface area contributed by atoms with Crippen molar-refractivity contribution < 1.29 is 5.11 Å². The van der Waals surface area contributed by atoms with E-state index in [-0.39, 0.29) is 6.10 Å². The van der Waals surface area contributed by atoms with Gasteiger partial charge in [0.1, 0.15) is 0 Å². The fourth-order valence-corrected chi connectivity index (χ4v) is 3.27. The Balaban J connectivity index is 1.66. The van der Waals surface area contributed by atoms with E-state index < -0.39 is 0 Å². The molecule has 2 aliphatic rings. The Labute approximate surface area is 113 Å². The van der Waals surface area contributed by atoms with Crippen LogP contribution in [0.25, 0.3) is 0 Å². The van der Waals surface area contributed by atoms with Gasteiger partial charge in [-0.05, 0) is 17.7 Å². The summed E-state index contributed by atoms with van der Waals surface area (Å²) in [6.45, 7) is 4.79. The number of nitrogens with zero attached hydrogens (tertiary/aromatic N) is 1. The molecule has 3 rings (SSSR count). The zero-order chi connectivity index (χ0) is 12.5. The lowest BCUT2D eigenvalue weighted by Gasteiger charge is -2.45. The standard InChI is InChI=1S/C14H19ClN2O/c15-13-3-1-10(2-4-13)7-17-8-11-5-16-6-12(9-17)14(11)18/h1-4,11-12,14,16,18H,5-9H2. The summed E-state index contributed by atoms with van der Waals surface area (Å²) in [5.74, 6) is 0.759. The molecule has 2 atom stereocenters. The minimum Gasteiger partial charge on any atom is -0.392 e. The first-order chi connectivity index (χ1) is 8.72. The molecule has 0 aliphatic carbocycles. The van der Waals surface area contributed by atoms with Crippen LogP contribution in [-0.4, -0.2) is 42.3 Å². The summed E-state index contributed by atoms with van der Waals surface area (Å²) in [6.07, 6.45) is -0.118. The van der Waals surface area contributed by atoms with Crippen molar-refractivity contribution >= 4 is 11.6 Å². The molecular formula is C14H19ClN2O. The number of rotatable bonds is 2. The predicted octanol–water partition coefficient (Wildman–Crippen LogP) is 1.35. The van der Waals surface area contributed by atoms with Crippen LogP contribution in [0.5, 0.6) is 0 Å². The van der Waals surface area contributed by atoms with Gasteiger partial charge in [0, 0.05) is 49.6 Å². The van der Waals surface area contributed by atoms with Crippen molar-refractivity contribution in [1.82, 2.24) is 10.2 Å². The van der Waals surface area contributed by atoms with Gasteiger partial charge >= 0.3 is 0 Å². The van der Waals surface area contributed by atoms with Gasteiger partial charge in [0.05, 0.1) is 6.10 Å². The second kappa shape index (κ2) is 5.17. The van der Waals surface area contributed by atoms with Gasteiger partial charge in [0.15, 0.2) is 0 Å². The van der Waals surface area contributed by atoms with Crippen LogP contribution < -0.4 is 5.32 Å². The van der Waals surface area contributed by atoms with E-state index in [1.807, 2.05) is 12.1 Å². The first kappa shape index (κ1) is 12.4. The van der Waals surface area contributed by atoms with E-state index in [0.717, 1.165) is 37.7 Å². The van der Waals surface area contributed by atoms with Crippen LogP contribution in [0.2, 0.25) is 5.02 Å². The van der Waals surface area contributed by atoms with Gasteiger partial charge in [-0.1, -0.05) is 23.7 Å². The van der Waals surface area contributed by atoms with Gasteiger partial charge < -0.3 is 10.4 Å². The van der Waals surface area contributed by atoms with Crippen molar-refractivity contribution in [3.8, 4) is 0 Å². The number of benzene rings is 1. The summed E-state index contributed by atoms with van der Waals surface area (Å²) in [6, 6.07) is 8.05. The van der Waals surface area contributed by atoms with E-state index in [2.05, 4.69) is 22.3 Å². The number of nitrogens with one attached hydrogen (secondary N) is 1. The second-order valence-corrected chi connectivity index (χ2v) is 5.93. The number of hydrogen-bond acceptors (Lipinski definition) is 3. The number of likely N-dealkylation sites (tertiary alicyclic amines) is 1. The van der Waals surface area contributed by atoms with Gasteiger partial charge in [-0.15, -0.1) is 0 Å². The highest BCUT2D eigenvalue weighted by atomic mass is 35.5. The van der Waals surface area contributed by atoms with Crippen LogP contribution in [-0.2, 0) is 6.54 Å². The molecule has 0 saturated carbocycles. The molecule has 2 fully saturated rings. The molecule has 98 valence electrons. The average Bonchev–Trinajstić information content (AvgIpc) is 2.33. The molecule has 18 heavy (non-hydrogen) atoms. The van der Waals surface area contributed by atoms with Gasteiger partial charge in [-0.3, -0.25) is 4.90 Å². The highest BCUT2D eigenvalue weighted by molar-refractivity contribution is 6.30. The summed E-state index contributed by atoms with van der Waals surface area (Å²) >= 11 is 5.90. The molecule has 1 aromatic rings. The largest absolute Gasteiger partial charge is 0.392 e. The molecule has 3 nitrogen and oxygen atoms in total. The summed E-state index contributed by atoms with van der Waals surface area (Å²) in [5.41, 5.74) is 1.29. The van der Waals surface area contributed by atoms with Crippen LogP contribution >= 0.6 is 11.6 Å². The lowest BCUT2D eigenvalue weighted by atomic mass is 9.82. The Morgan fingerprint density at radius 1 is 1.17 bits per heavy atom. The summed E-state index contributed by atoms with van der Waals surface area (Å²) < 4.78 is 0. The van der Waals surface area contributed by atoms with Crippen LogP contribution in [0.15, 0.2) is 24.3 Å². The third-order valence-corrected chi connectivity index (χ3v) is 4.34. The summed E-state index contributed by atoms with van der Waals surface area (Å²) in [7, 11) is 0. The fourth-order valence-electron chi connectivity index (χ4n) is 3.14. The van der Waals surface area contributed by atoms with Crippen molar-refractivity contribution in [2.45, 2.75) is 12.6 Å². The minimum absolute atomic E-state index is 0.118. The lowest BCUT2D eigenvalue weighted by Crippen LogP contribution is -2.58. The third kappa shape index (κ3) is 2.54. The highest BCUT2D eigenvalue weighted by Gasteiger charge is 2.38. The first-order valence-corrected chi connectivity index (χ1v) is 6.96. The molecule has 0 radical (unpaired) electrons. The molecule has 1 aromatic carbocycles. The zero-order valence-electron chi connectivity index (χ0n) is 10.3. The molecule has 0 amide bonds. The molecule has 2 unspecified atom stereocenters. The number of hydrogen-bond donors (Lipinski definition) is 2. The van der Waals surface area contributed by atoms with Crippen LogP contribution in [0.3, 0.4) is 0 Å². The van der Waals surface area contributed by atoms with Crippen molar-refractivity contribution in [2.75, 3.05) is 26.2 Å². The topological polar surface area (TPSA) is 35.5 Å². The number of aliphatic hydroxyl groups excluding tert-OH is 1. The Morgan fingerprint density at radius 3 is 2.39 bits per heavy atom. The van der Waals surface area contributed by atoms with Gasteiger partial charge in [-0.25, -0.2) is 0 Å². The lowest BCUT2D eigenvalue weighted by molar-refractivity contribution is -0.0423. The normalized spacial score (nSPS) is 32.4. The predicted molar refractivity (Wildman–Crippen MR) is 72.6 cm³/mol. The fraction of sp³-hybridized carbons (Fsp3) is 0.571. The van der Waals surface area contributed by atoms with Crippen molar-refractivity contribution in [3.05, 3.63) is 34.9 Å². The van der Waals surface area contributed by atoms with E-state index in [4.69, 9.17) is 11.6 Å². The maximum absolute atomic E-state index is 10.1. The van der Waals surface area contributed by atoms with E-state index in [9.17, 15) is 5.11 Å². The summed E-state index contributed by atoms with van der Waals surface area (Å²) in [4.78, 5) is 2.45. The monoisotopic (exact) mass is 266 g/mol. The smallest absolute Gasteiger partial charge is 0.0645 e. The molecule has 2 N–H and O–H groups in total. The van der Waals surface area contributed by atoms with Crippen LogP contribution in [0.1, 0.15) is 5.56 Å². The Kier molecular flexibility index (Phi) is 3.57. The first-order valence-electron chi connectivity index (χ1n) is 6.58. The molecule has 2 saturated heterocycles. The number of fused-ring (bicyclic) bond motifs is 2.